The summed E-state index contributed by atoms with van der Waals surface area (Å²) >= 11 is 0. The SMILES string of the molecule is COC(=O)c1ccc([C@@H]2C[C@@H](C3CCCC3)CCN2Cc2c(OC)cc(C)c3c2ccn3C(=O)OC(C)(C)C)cc1. The molecule has 2 heterocycles. The molecule has 0 bridgehead atoms. The summed E-state index contributed by atoms with van der Waals surface area (Å²) in [6, 6.07) is 12.2. The number of aromatic nitrogens is 1. The van der Waals surface area contributed by atoms with E-state index in [0.29, 0.717) is 18.0 Å². The number of rotatable bonds is 6. The van der Waals surface area contributed by atoms with Crippen LogP contribution in [0.2, 0.25) is 0 Å². The Morgan fingerprint density at radius 2 is 1.68 bits per heavy atom. The number of carbonyl (C=O) groups excluding carboxylic acids is 2. The summed E-state index contributed by atoms with van der Waals surface area (Å²) in [5.74, 6) is 2.02. The van der Waals surface area contributed by atoms with Crippen LogP contribution in [-0.4, -0.2) is 47.9 Å². The maximum absolute atomic E-state index is 13.1. The van der Waals surface area contributed by atoms with E-state index in [0.717, 1.165) is 46.7 Å². The van der Waals surface area contributed by atoms with Crippen molar-refractivity contribution in [2.24, 2.45) is 11.8 Å². The molecule has 5 rings (SSSR count). The van der Waals surface area contributed by atoms with Crippen LogP contribution in [0, 0.1) is 18.8 Å². The van der Waals surface area contributed by atoms with Crippen molar-refractivity contribution in [3.8, 4) is 5.75 Å². The summed E-state index contributed by atoms with van der Waals surface area (Å²) in [6.45, 7) is 9.32. The Kier molecular flexibility index (Phi) is 8.46. The van der Waals surface area contributed by atoms with Crippen molar-refractivity contribution >= 4 is 23.0 Å². The van der Waals surface area contributed by atoms with Crippen LogP contribution in [-0.2, 0) is 16.0 Å². The summed E-state index contributed by atoms with van der Waals surface area (Å²) in [4.78, 5) is 27.8. The Labute approximate surface area is 243 Å². The number of nitrogens with zero attached hydrogens (tertiary/aromatic N) is 2. The summed E-state index contributed by atoms with van der Waals surface area (Å²) in [5.41, 5.74) is 4.09. The van der Waals surface area contributed by atoms with Crippen molar-refractivity contribution in [2.45, 2.75) is 84.4 Å². The zero-order valence-electron chi connectivity index (χ0n) is 25.4. The van der Waals surface area contributed by atoms with Gasteiger partial charge in [-0.2, -0.15) is 0 Å². The molecule has 41 heavy (non-hydrogen) atoms. The molecule has 3 aromatic rings. The van der Waals surface area contributed by atoms with Crippen LogP contribution in [0.15, 0.2) is 42.6 Å². The molecule has 0 N–H and O–H groups in total. The minimum Gasteiger partial charge on any atom is -0.496 e. The van der Waals surface area contributed by atoms with Gasteiger partial charge in [-0.15, -0.1) is 0 Å². The third kappa shape index (κ3) is 6.15. The third-order valence-corrected chi connectivity index (χ3v) is 8.94. The Bertz CT molecular complexity index is 1400. The van der Waals surface area contributed by atoms with Gasteiger partial charge in [-0.25, -0.2) is 9.59 Å². The molecule has 0 radical (unpaired) electrons. The normalized spacial score (nSPS) is 20.3. The molecule has 2 aliphatic rings. The van der Waals surface area contributed by atoms with Gasteiger partial charge >= 0.3 is 12.1 Å². The number of hydrogen-bond donors (Lipinski definition) is 0. The van der Waals surface area contributed by atoms with Crippen LogP contribution in [0.3, 0.4) is 0 Å². The van der Waals surface area contributed by atoms with Crippen molar-refractivity contribution < 1.29 is 23.8 Å². The molecule has 1 aliphatic heterocycles. The molecular weight excluding hydrogens is 516 g/mol. The largest absolute Gasteiger partial charge is 0.496 e. The highest BCUT2D eigenvalue weighted by Crippen LogP contribution is 2.44. The predicted molar refractivity (Wildman–Crippen MR) is 160 cm³/mol. The number of benzene rings is 2. The van der Waals surface area contributed by atoms with Crippen molar-refractivity contribution in [3.63, 3.8) is 0 Å². The first kappa shape index (κ1) is 29.2. The van der Waals surface area contributed by atoms with E-state index < -0.39 is 5.60 Å². The number of likely N-dealkylation sites (tertiary alicyclic amines) is 1. The first-order valence-corrected chi connectivity index (χ1v) is 14.9. The highest BCUT2D eigenvalue weighted by atomic mass is 16.6. The highest BCUT2D eigenvalue weighted by molar-refractivity contribution is 5.95. The van der Waals surface area contributed by atoms with Crippen molar-refractivity contribution in [3.05, 3.63) is 64.8 Å². The summed E-state index contributed by atoms with van der Waals surface area (Å²) in [6.07, 6.45) is 9.06. The number of piperidine rings is 1. The number of carbonyl (C=O) groups is 2. The quantitative estimate of drug-likeness (QED) is 0.288. The molecule has 0 amide bonds. The van der Waals surface area contributed by atoms with Gasteiger partial charge in [0.2, 0.25) is 0 Å². The molecule has 1 saturated heterocycles. The average Bonchev–Trinajstić information content (AvgIpc) is 3.65. The lowest BCUT2D eigenvalue weighted by Gasteiger charge is -2.42. The fourth-order valence-electron chi connectivity index (χ4n) is 6.97. The zero-order chi connectivity index (χ0) is 29.3. The number of hydrogen-bond acceptors (Lipinski definition) is 6. The maximum atomic E-state index is 13.1. The number of ether oxygens (including phenoxy) is 3. The molecule has 1 aliphatic carbocycles. The Hall–Kier alpha value is -3.32. The molecule has 0 spiro atoms. The lowest BCUT2D eigenvalue weighted by Crippen LogP contribution is -2.38. The Morgan fingerprint density at radius 1 is 0.976 bits per heavy atom. The summed E-state index contributed by atoms with van der Waals surface area (Å²) in [5, 5.41) is 1.01. The number of methoxy groups -OCH3 is 2. The second-order valence-electron chi connectivity index (χ2n) is 12.7. The van der Waals surface area contributed by atoms with E-state index in [4.69, 9.17) is 14.2 Å². The molecule has 2 atom stereocenters. The van der Waals surface area contributed by atoms with Crippen molar-refractivity contribution in [1.82, 2.24) is 9.47 Å². The van der Waals surface area contributed by atoms with Gasteiger partial charge in [0.05, 0.1) is 25.3 Å². The first-order valence-electron chi connectivity index (χ1n) is 14.9. The van der Waals surface area contributed by atoms with E-state index in [1.54, 1.807) is 11.7 Å². The number of fused-ring (bicyclic) bond motifs is 1. The second kappa shape index (κ2) is 11.9. The molecule has 2 fully saturated rings. The monoisotopic (exact) mass is 560 g/mol. The molecule has 7 heteroatoms. The van der Waals surface area contributed by atoms with E-state index in [-0.39, 0.29) is 18.1 Å². The first-order chi connectivity index (χ1) is 19.6. The van der Waals surface area contributed by atoms with Crippen molar-refractivity contribution in [1.29, 1.82) is 0 Å². The van der Waals surface area contributed by atoms with E-state index in [2.05, 4.69) is 17.0 Å². The van der Waals surface area contributed by atoms with E-state index in [1.807, 2.05) is 58.2 Å². The van der Waals surface area contributed by atoms with Gasteiger partial charge in [-0.3, -0.25) is 9.47 Å². The van der Waals surface area contributed by atoms with E-state index in [9.17, 15) is 9.59 Å². The topological polar surface area (TPSA) is 70.0 Å². The molecule has 1 aromatic heterocycles. The lowest BCUT2D eigenvalue weighted by molar-refractivity contribution is 0.0542. The van der Waals surface area contributed by atoms with Gasteiger partial charge in [0.25, 0.3) is 0 Å². The Balaban J connectivity index is 1.51. The van der Waals surface area contributed by atoms with E-state index >= 15 is 0 Å². The van der Waals surface area contributed by atoms with Crippen LogP contribution in [0.1, 0.15) is 92.4 Å². The number of aryl methyl sites for hydroxylation is 1. The van der Waals surface area contributed by atoms with Gasteiger partial charge in [-0.05, 0) is 94.3 Å². The standard InChI is InChI=1S/C34H44N2O5/c1-22-19-30(39-5)28(27-16-18-36(31(22)27)33(38)41-34(2,3)4)21-35-17-15-26(23-9-7-8-10-23)20-29(35)24-11-13-25(14-12-24)32(37)40-6/h11-14,16,18-19,23,26,29H,7-10,15,17,20-21H2,1-6H3/t26-,29-/m0/s1. The summed E-state index contributed by atoms with van der Waals surface area (Å²) in [7, 11) is 3.13. The molecule has 7 nitrogen and oxygen atoms in total. The fourth-order valence-corrected chi connectivity index (χ4v) is 6.97. The van der Waals surface area contributed by atoms with E-state index in [1.165, 1.54) is 44.8 Å². The zero-order valence-corrected chi connectivity index (χ0v) is 25.4. The minimum absolute atomic E-state index is 0.218. The van der Waals surface area contributed by atoms with Gasteiger partial charge in [0.15, 0.2) is 0 Å². The Morgan fingerprint density at radius 3 is 2.32 bits per heavy atom. The fraction of sp³-hybridized carbons (Fsp3) is 0.529. The molecule has 2 aromatic carbocycles. The highest BCUT2D eigenvalue weighted by Gasteiger charge is 2.35. The van der Waals surface area contributed by atoms with Crippen LogP contribution in [0.25, 0.3) is 10.9 Å². The van der Waals surface area contributed by atoms with Crippen LogP contribution in [0.4, 0.5) is 4.79 Å². The molecule has 0 unspecified atom stereocenters. The molecule has 1 saturated carbocycles. The van der Waals surface area contributed by atoms with Crippen LogP contribution >= 0.6 is 0 Å². The minimum atomic E-state index is -0.586. The summed E-state index contributed by atoms with van der Waals surface area (Å²) < 4.78 is 18.2. The van der Waals surface area contributed by atoms with Crippen LogP contribution < -0.4 is 4.74 Å². The van der Waals surface area contributed by atoms with Crippen molar-refractivity contribution in [2.75, 3.05) is 20.8 Å². The second-order valence-corrected chi connectivity index (χ2v) is 12.7. The maximum Gasteiger partial charge on any atom is 0.419 e. The van der Waals surface area contributed by atoms with Gasteiger partial charge in [0.1, 0.15) is 11.4 Å². The number of esters is 1. The average molecular weight is 561 g/mol. The lowest BCUT2D eigenvalue weighted by atomic mass is 9.78. The van der Waals surface area contributed by atoms with Gasteiger partial charge < -0.3 is 14.2 Å². The molecular formula is C34H44N2O5. The molecule has 220 valence electrons. The third-order valence-electron chi connectivity index (χ3n) is 8.94. The smallest absolute Gasteiger partial charge is 0.419 e. The van der Waals surface area contributed by atoms with Gasteiger partial charge in [0, 0.05) is 29.7 Å². The predicted octanol–water partition coefficient (Wildman–Crippen LogP) is 7.67. The van der Waals surface area contributed by atoms with Crippen LogP contribution in [0.5, 0.6) is 5.75 Å². The van der Waals surface area contributed by atoms with Gasteiger partial charge in [-0.1, -0.05) is 37.8 Å².